The second-order valence-electron chi connectivity index (χ2n) is 3.79. The van der Waals surface area contributed by atoms with E-state index in [0.29, 0.717) is 5.15 Å². The third-order valence-corrected chi connectivity index (χ3v) is 3.04. The predicted octanol–water partition coefficient (Wildman–Crippen LogP) is 1.58. The van der Waals surface area contributed by atoms with Gasteiger partial charge in [0.15, 0.2) is 6.10 Å². The zero-order valence-electron chi connectivity index (χ0n) is 9.26. The fourth-order valence-electron chi connectivity index (χ4n) is 1.82. The highest BCUT2D eigenvalue weighted by Gasteiger charge is 2.25. The Balaban J connectivity index is 2.45. The molecule has 0 unspecified atom stereocenters. The van der Waals surface area contributed by atoms with Gasteiger partial charge in [0.2, 0.25) is 5.15 Å². The Labute approximate surface area is 99.5 Å². The van der Waals surface area contributed by atoms with E-state index in [4.69, 9.17) is 11.6 Å². The molecule has 0 saturated carbocycles. The molecule has 1 atom stereocenters. The average Bonchev–Trinajstić information content (AvgIpc) is 2.54. The number of imidazole rings is 1. The predicted molar refractivity (Wildman–Crippen MR) is 62.1 cm³/mol. The summed E-state index contributed by atoms with van der Waals surface area (Å²) < 4.78 is 3.61. The minimum Gasteiger partial charge on any atom is -0.376 e. The molecule has 1 aromatic carbocycles. The van der Waals surface area contributed by atoms with Gasteiger partial charge in [0.25, 0.3) is 5.82 Å². The molecule has 0 aliphatic carbocycles. The maximum absolute atomic E-state index is 10.3. The third kappa shape index (κ3) is 1.84. The van der Waals surface area contributed by atoms with E-state index in [9.17, 15) is 5.11 Å². The van der Waals surface area contributed by atoms with E-state index < -0.39 is 6.10 Å². The molecule has 2 rings (SSSR count). The summed E-state index contributed by atoms with van der Waals surface area (Å²) in [5, 5.41) is 10.9. The number of aliphatic hydroxyl groups is 1. The Hall–Kier alpha value is -1.32. The number of aryl methyl sites for hydroxylation is 1. The molecule has 0 spiro atoms. The Morgan fingerprint density at radius 3 is 2.44 bits per heavy atom. The summed E-state index contributed by atoms with van der Waals surface area (Å²) in [5.74, 6) is 0.760. The van der Waals surface area contributed by atoms with E-state index in [1.165, 1.54) is 0 Å². The maximum Gasteiger partial charge on any atom is 0.291 e. The first-order valence-electron chi connectivity index (χ1n) is 5.05. The van der Waals surface area contributed by atoms with Crippen molar-refractivity contribution in [2.24, 2.45) is 14.1 Å². The van der Waals surface area contributed by atoms with E-state index in [1.807, 2.05) is 49.0 Å². The molecule has 0 radical (unpaired) electrons. The molecule has 0 aliphatic rings. The van der Waals surface area contributed by atoms with Gasteiger partial charge in [-0.15, -0.1) is 0 Å². The lowest BCUT2D eigenvalue weighted by Gasteiger charge is -2.07. The quantitative estimate of drug-likeness (QED) is 0.790. The molecular weight excluding hydrogens is 224 g/mol. The lowest BCUT2D eigenvalue weighted by atomic mass is 10.1. The van der Waals surface area contributed by atoms with Crippen LogP contribution >= 0.6 is 11.6 Å². The highest BCUT2D eigenvalue weighted by Crippen LogP contribution is 2.21. The van der Waals surface area contributed by atoms with Crippen molar-refractivity contribution in [1.29, 1.82) is 0 Å². The zero-order valence-corrected chi connectivity index (χ0v) is 10.0. The summed E-state index contributed by atoms with van der Waals surface area (Å²) in [7, 11) is 3.71. The number of hydrogen-bond donors (Lipinski definition) is 1. The largest absolute Gasteiger partial charge is 0.376 e. The van der Waals surface area contributed by atoms with Gasteiger partial charge in [-0.25, -0.2) is 9.13 Å². The minimum atomic E-state index is -0.663. The number of halogens is 1. The molecule has 0 amide bonds. The van der Waals surface area contributed by atoms with Crippen LogP contribution in [-0.2, 0) is 14.1 Å². The van der Waals surface area contributed by atoms with Gasteiger partial charge in [-0.1, -0.05) is 30.3 Å². The Bertz CT molecular complexity index is 493. The monoisotopic (exact) mass is 237 g/mol. The molecule has 0 bridgehead atoms. The molecule has 16 heavy (non-hydrogen) atoms. The van der Waals surface area contributed by atoms with Crippen molar-refractivity contribution < 1.29 is 9.67 Å². The van der Waals surface area contributed by atoms with Crippen molar-refractivity contribution in [2.75, 3.05) is 0 Å². The molecule has 4 heteroatoms. The minimum absolute atomic E-state index is 0.604. The van der Waals surface area contributed by atoms with Gasteiger partial charge in [-0.3, -0.25) is 0 Å². The van der Waals surface area contributed by atoms with E-state index >= 15 is 0 Å². The van der Waals surface area contributed by atoms with Crippen LogP contribution in [0.25, 0.3) is 0 Å². The molecule has 1 heterocycles. The first kappa shape index (κ1) is 11.2. The smallest absolute Gasteiger partial charge is 0.291 e. The Morgan fingerprint density at radius 2 is 1.94 bits per heavy atom. The van der Waals surface area contributed by atoms with E-state index in [2.05, 4.69) is 0 Å². The number of hydrogen-bond acceptors (Lipinski definition) is 1. The van der Waals surface area contributed by atoms with E-state index in [-0.39, 0.29) is 0 Å². The van der Waals surface area contributed by atoms with Crippen LogP contribution in [0, 0.1) is 0 Å². The van der Waals surface area contributed by atoms with Crippen molar-refractivity contribution in [1.82, 2.24) is 4.57 Å². The molecule has 2 aromatic rings. The van der Waals surface area contributed by atoms with Crippen LogP contribution < -0.4 is 4.57 Å². The topological polar surface area (TPSA) is 29.0 Å². The second kappa shape index (κ2) is 4.28. The van der Waals surface area contributed by atoms with E-state index in [1.54, 1.807) is 10.8 Å². The molecule has 0 aliphatic heterocycles. The molecule has 3 nitrogen and oxygen atoms in total. The number of aliphatic hydroxyl groups excluding tert-OH is 1. The Morgan fingerprint density at radius 1 is 1.31 bits per heavy atom. The molecule has 1 aromatic heterocycles. The van der Waals surface area contributed by atoms with Crippen molar-refractivity contribution in [3.63, 3.8) is 0 Å². The van der Waals surface area contributed by atoms with Gasteiger partial charge in [-0.2, -0.15) is 0 Å². The summed E-state index contributed by atoms with van der Waals surface area (Å²) >= 11 is 6.00. The summed E-state index contributed by atoms with van der Waals surface area (Å²) in [4.78, 5) is 0. The van der Waals surface area contributed by atoms with Crippen molar-refractivity contribution >= 4 is 11.6 Å². The van der Waals surface area contributed by atoms with Crippen LogP contribution in [0.2, 0.25) is 5.15 Å². The summed E-state index contributed by atoms with van der Waals surface area (Å²) in [6, 6.07) is 9.53. The van der Waals surface area contributed by atoms with Gasteiger partial charge in [0.05, 0.1) is 14.1 Å². The molecule has 1 N–H and O–H groups in total. The number of aromatic nitrogens is 2. The van der Waals surface area contributed by atoms with Crippen LogP contribution in [0.3, 0.4) is 0 Å². The first-order valence-corrected chi connectivity index (χ1v) is 5.43. The summed E-state index contributed by atoms with van der Waals surface area (Å²) in [6.45, 7) is 0. The maximum atomic E-state index is 10.3. The van der Waals surface area contributed by atoms with Crippen molar-refractivity contribution in [3.8, 4) is 0 Å². The molecule has 84 valence electrons. The Kier molecular flexibility index (Phi) is 2.99. The van der Waals surface area contributed by atoms with Crippen molar-refractivity contribution in [2.45, 2.75) is 6.10 Å². The number of rotatable bonds is 2. The van der Waals surface area contributed by atoms with Crippen LogP contribution in [-0.4, -0.2) is 9.67 Å². The van der Waals surface area contributed by atoms with E-state index in [0.717, 1.165) is 11.4 Å². The average molecular weight is 238 g/mol. The van der Waals surface area contributed by atoms with Crippen LogP contribution in [0.4, 0.5) is 0 Å². The van der Waals surface area contributed by atoms with Gasteiger partial charge in [0.1, 0.15) is 6.20 Å². The normalized spacial score (nSPS) is 12.8. The molecule has 0 saturated heterocycles. The standard InChI is InChI=1S/C12H14ClN2O/c1-14-8-10(13)15(2)12(14)11(16)9-6-4-3-5-7-9/h3-8,11,16H,1-2H3/q+1/t11-/m1/s1. The van der Waals surface area contributed by atoms with Crippen LogP contribution in [0.1, 0.15) is 17.5 Å². The van der Waals surface area contributed by atoms with Gasteiger partial charge < -0.3 is 5.11 Å². The number of benzene rings is 1. The third-order valence-electron chi connectivity index (χ3n) is 2.69. The fourth-order valence-corrected chi connectivity index (χ4v) is 2.05. The first-order chi connectivity index (χ1) is 7.61. The van der Waals surface area contributed by atoms with Gasteiger partial charge in [-0.05, 0) is 17.2 Å². The lowest BCUT2D eigenvalue weighted by Crippen LogP contribution is -2.34. The van der Waals surface area contributed by atoms with Gasteiger partial charge >= 0.3 is 0 Å². The van der Waals surface area contributed by atoms with Crippen LogP contribution in [0.5, 0.6) is 0 Å². The number of nitrogens with zero attached hydrogens (tertiary/aromatic N) is 2. The highest BCUT2D eigenvalue weighted by molar-refractivity contribution is 6.29. The SMILES string of the molecule is Cn1c(Cl)c[n+](C)c1[C@H](O)c1ccccc1. The zero-order chi connectivity index (χ0) is 11.7. The highest BCUT2D eigenvalue weighted by atomic mass is 35.5. The summed E-state index contributed by atoms with van der Waals surface area (Å²) in [6.07, 6.45) is 1.12. The fraction of sp³-hybridized carbons (Fsp3) is 0.250. The van der Waals surface area contributed by atoms with Crippen molar-refractivity contribution in [3.05, 3.63) is 53.1 Å². The molecular formula is C12H14ClN2O+. The second-order valence-corrected chi connectivity index (χ2v) is 4.18. The van der Waals surface area contributed by atoms with Crippen LogP contribution in [0.15, 0.2) is 36.5 Å². The van der Waals surface area contributed by atoms with Gasteiger partial charge in [0, 0.05) is 0 Å². The summed E-state index contributed by atoms with van der Waals surface area (Å²) in [5.41, 5.74) is 0.857. The molecule has 0 fully saturated rings. The lowest BCUT2D eigenvalue weighted by molar-refractivity contribution is -0.681.